The molecule has 4 heteroatoms. The Balaban J connectivity index is 1.65. The van der Waals surface area contributed by atoms with Crippen LogP contribution in [0.1, 0.15) is 10.4 Å². The highest BCUT2D eigenvalue weighted by Crippen LogP contribution is 2.34. The number of benzene rings is 2. The lowest BCUT2D eigenvalue weighted by molar-refractivity contribution is 0.104. The number of fused-ring (bicyclic) bond motifs is 1. The maximum absolute atomic E-state index is 11.9. The van der Waals surface area contributed by atoms with Crippen molar-refractivity contribution in [1.29, 1.82) is 0 Å². The second kappa shape index (κ2) is 5.48. The van der Waals surface area contributed by atoms with E-state index in [4.69, 9.17) is 9.47 Å². The normalized spacial score (nSPS) is 12.6. The van der Waals surface area contributed by atoms with Crippen LogP contribution in [0, 0.1) is 0 Å². The first-order chi connectivity index (χ1) is 9.83. The summed E-state index contributed by atoms with van der Waals surface area (Å²) in [4.78, 5) is 11.9. The van der Waals surface area contributed by atoms with Crippen molar-refractivity contribution in [2.24, 2.45) is 0 Å². The Morgan fingerprint density at radius 2 is 1.85 bits per heavy atom. The van der Waals surface area contributed by atoms with E-state index in [1.807, 2.05) is 36.4 Å². The third-order valence-electron chi connectivity index (χ3n) is 2.92. The average molecular weight is 267 g/mol. The molecule has 1 N–H and O–H groups in total. The molecule has 0 amide bonds. The van der Waals surface area contributed by atoms with Crippen LogP contribution >= 0.6 is 0 Å². The topological polar surface area (TPSA) is 47.6 Å². The molecule has 1 aliphatic heterocycles. The van der Waals surface area contributed by atoms with E-state index in [-0.39, 0.29) is 12.6 Å². The van der Waals surface area contributed by atoms with Crippen LogP contribution in [0.5, 0.6) is 11.5 Å². The molecule has 100 valence electrons. The van der Waals surface area contributed by atoms with E-state index in [1.165, 1.54) is 6.08 Å². The van der Waals surface area contributed by atoms with Crippen LogP contribution in [0.2, 0.25) is 0 Å². The zero-order valence-electron chi connectivity index (χ0n) is 10.7. The second-order valence-electron chi connectivity index (χ2n) is 4.28. The lowest BCUT2D eigenvalue weighted by Gasteiger charge is -2.02. The first kappa shape index (κ1) is 12.3. The van der Waals surface area contributed by atoms with Crippen molar-refractivity contribution in [3.63, 3.8) is 0 Å². The largest absolute Gasteiger partial charge is 0.454 e. The number of hydrogen-bond acceptors (Lipinski definition) is 4. The predicted octanol–water partition coefficient (Wildman–Crippen LogP) is 3.22. The molecule has 0 saturated carbocycles. The van der Waals surface area contributed by atoms with Crippen LogP contribution in [-0.4, -0.2) is 12.6 Å². The van der Waals surface area contributed by atoms with Crippen molar-refractivity contribution in [1.82, 2.24) is 0 Å². The number of carbonyl (C=O) groups excluding carboxylic acids is 1. The van der Waals surface area contributed by atoms with Crippen molar-refractivity contribution in [2.45, 2.75) is 0 Å². The number of ketones is 1. The Kier molecular flexibility index (Phi) is 3.37. The SMILES string of the molecule is O=C(/C=C/Nc1ccc2c(c1)OCO2)c1ccccc1. The molecule has 0 aromatic heterocycles. The monoisotopic (exact) mass is 267 g/mol. The molecule has 0 saturated heterocycles. The fourth-order valence-electron chi connectivity index (χ4n) is 1.90. The molecule has 0 fully saturated rings. The molecular formula is C16H13NO3. The van der Waals surface area contributed by atoms with Crippen molar-refractivity contribution in [3.8, 4) is 11.5 Å². The van der Waals surface area contributed by atoms with Crippen LogP contribution < -0.4 is 14.8 Å². The predicted molar refractivity (Wildman–Crippen MR) is 76.1 cm³/mol. The summed E-state index contributed by atoms with van der Waals surface area (Å²) >= 11 is 0. The van der Waals surface area contributed by atoms with Crippen molar-refractivity contribution in [2.75, 3.05) is 12.1 Å². The van der Waals surface area contributed by atoms with Gasteiger partial charge in [0.1, 0.15) is 0 Å². The van der Waals surface area contributed by atoms with Crippen LogP contribution in [-0.2, 0) is 0 Å². The highest BCUT2D eigenvalue weighted by Gasteiger charge is 2.12. The summed E-state index contributed by atoms with van der Waals surface area (Å²) in [5.41, 5.74) is 1.50. The number of nitrogens with one attached hydrogen (secondary N) is 1. The van der Waals surface area contributed by atoms with Crippen molar-refractivity contribution in [3.05, 3.63) is 66.4 Å². The molecule has 0 atom stereocenters. The Hall–Kier alpha value is -2.75. The quantitative estimate of drug-likeness (QED) is 0.682. The summed E-state index contributed by atoms with van der Waals surface area (Å²) in [6.45, 7) is 0.251. The second-order valence-corrected chi connectivity index (χ2v) is 4.28. The smallest absolute Gasteiger partial charge is 0.231 e. The van der Waals surface area contributed by atoms with Gasteiger partial charge in [-0.05, 0) is 12.1 Å². The maximum Gasteiger partial charge on any atom is 0.231 e. The lowest BCUT2D eigenvalue weighted by atomic mass is 10.1. The lowest BCUT2D eigenvalue weighted by Crippen LogP contribution is -1.95. The number of anilines is 1. The molecule has 0 unspecified atom stereocenters. The van der Waals surface area contributed by atoms with Gasteiger partial charge >= 0.3 is 0 Å². The first-order valence-corrected chi connectivity index (χ1v) is 6.25. The van der Waals surface area contributed by atoms with Gasteiger partial charge < -0.3 is 14.8 Å². The molecule has 2 aromatic rings. The molecule has 4 nitrogen and oxygen atoms in total. The molecule has 20 heavy (non-hydrogen) atoms. The number of carbonyl (C=O) groups is 1. The van der Waals surface area contributed by atoms with E-state index >= 15 is 0 Å². The summed E-state index contributed by atoms with van der Waals surface area (Å²) in [5.74, 6) is 1.40. The molecular weight excluding hydrogens is 254 g/mol. The summed E-state index contributed by atoms with van der Waals surface area (Å²) < 4.78 is 10.5. The van der Waals surface area contributed by atoms with Crippen LogP contribution in [0.3, 0.4) is 0 Å². The molecule has 1 aliphatic rings. The number of ether oxygens (including phenoxy) is 2. The van der Waals surface area contributed by atoms with Gasteiger partial charge in [-0.3, -0.25) is 4.79 Å². The van der Waals surface area contributed by atoms with Gasteiger partial charge in [-0.2, -0.15) is 0 Å². The standard InChI is InChI=1S/C16H13NO3/c18-14(12-4-2-1-3-5-12)8-9-17-13-6-7-15-16(10-13)20-11-19-15/h1-10,17H,11H2/b9-8+. The van der Waals surface area contributed by atoms with Crippen molar-refractivity contribution >= 4 is 11.5 Å². The molecule has 0 bridgehead atoms. The van der Waals surface area contributed by atoms with E-state index in [0.29, 0.717) is 11.3 Å². The van der Waals surface area contributed by atoms with Crippen LogP contribution in [0.15, 0.2) is 60.8 Å². The highest BCUT2D eigenvalue weighted by molar-refractivity contribution is 6.04. The van der Waals surface area contributed by atoms with Crippen LogP contribution in [0.25, 0.3) is 0 Å². The van der Waals surface area contributed by atoms with Crippen LogP contribution in [0.4, 0.5) is 5.69 Å². The van der Waals surface area contributed by atoms with E-state index in [9.17, 15) is 4.79 Å². The van der Waals surface area contributed by atoms with E-state index in [2.05, 4.69) is 5.32 Å². The molecule has 2 aromatic carbocycles. The summed E-state index contributed by atoms with van der Waals surface area (Å²) in [6.07, 6.45) is 3.12. The maximum atomic E-state index is 11.9. The van der Waals surface area contributed by atoms with Gasteiger partial charge in [0.05, 0.1) is 0 Å². The van der Waals surface area contributed by atoms with E-state index < -0.39 is 0 Å². The minimum atomic E-state index is -0.0427. The highest BCUT2D eigenvalue weighted by atomic mass is 16.7. The van der Waals surface area contributed by atoms with Gasteiger partial charge in [0.25, 0.3) is 0 Å². The van der Waals surface area contributed by atoms with Gasteiger partial charge in [-0.1, -0.05) is 30.3 Å². The number of hydrogen-bond donors (Lipinski definition) is 1. The molecule has 0 radical (unpaired) electrons. The Morgan fingerprint density at radius 3 is 2.70 bits per heavy atom. The van der Waals surface area contributed by atoms with Gasteiger partial charge in [0, 0.05) is 29.6 Å². The molecule has 3 rings (SSSR count). The minimum absolute atomic E-state index is 0.0427. The number of allylic oxidation sites excluding steroid dienone is 1. The van der Waals surface area contributed by atoms with E-state index in [0.717, 1.165) is 11.4 Å². The fraction of sp³-hybridized carbons (Fsp3) is 0.0625. The third-order valence-corrected chi connectivity index (χ3v) is 2.92. The van der Waals surface area contributed by atoms with Gasteiger partial charge in [0.15, 0.2) is 17.3 Å². The summed E-state index contributed by atoms with van der Waals surface area (Å²) in [5, 5.41) is 3.04. The third kappa shape index (κ3) is 2.64. The minimum Gasteiger partial charge on any atom is -0.454 e. The zero-order valence-corrected chi connectivity index (χ0v) is 10.7. The first-order valence-electron chi connectivity index (χ1n) is 6.25. The zero-order chi connectivity index (χ0) is 13.8. The van der Waals surface area contributed by atoms with E-state index in [1.54, 1.807) is 18.3 Å². The number of rotatable bonds is 4. The van der Waals surface area contributed by atoms with Gasteiger partial charge in [0.2, 0.25) is 6.79 Å². The van der Waals surface area contributed by atoms with Gasteiger partial charge in [-0.25, -0.2) is 0 Å². The summed E-state index contributed by atoms with van der Waals surface area (Å²) in [6, 6.07) is 14.7. The molecule has 0 aliphatic carbocycles. The average Bonchev–Trinajstić information content (AvgIpc) is 2.95. The molecule has 0 spiro atoms. The fourth-order valence-corrected chi connectivity index (χ4v) is 1.90. The Bertz CT molecular complexity index is 650. The summed E-state index contributed by atoms with van der Waals surface area (Å²) in [7, 11) is 0. The molecule has 1 heterocycles. The Morgan fingerprint density at radius 1 is 1.05 bits per heavy atom. The Labute approximate surface area is 116 Å². The van der Waals surface area contributed by atoms with Gasteiger partial charge in [-0.15, -0.1) is 0 Å². The van der Waals surface area contributed by atoms with Crippen molar-refractivity contribution < 1.29 is 14.3 Å².